The minimum Gasteiger partial charge on any atom is -0.291 e. The van der Waals surface area contributed by atoms with Crippen LogP contribution in [-0.4, -0.2) is 11.4 Å². The Morgan fingerprint density at radius 1 is 1.23 bits per heavy atom. The lowest BCUT2D eigenvalue weighted by Gasteiger charge is -2.09. The van der Waals surface area contributed by atoms with Crippen LogP contribution in [0.25, 0.3) is 0 Å². The highest BCUT2D eigenvalue weighted by atomic mass is 19.4. The van der Waals surface area contributed by atoms with E-state index in [-0.39, 0.29) is 11.3 Å². The van der Waals surface area contributed by atoms with Gasteiger partial charge in [-0.25, -0.2) is 0 Å². The standard InChI is InChI=1S/C8H8F3NO/c9-8(10,11)5-6-3-1-2-4-7(6)12-13/h1-4,12-13H,5H2. The molecule has 72 valence electrons. The van der Waals surface area contributed by atoms with Crippen LogP contribution in [0.4, 0.5) is 18.9 Å². The lowest BCUT2D eigenvalue weighted by Crippen LogP contribution is -2.12. The maximum absolute atomic E-state index is 11.9. The SMILES string of the molecule is ONc1ccccc1CC(F)(F)F. The van der Waals surface area contributed by atoms with Crippen LogP contribution >= 0.6 is 0 Å². The first-order valence-electron chi connectivity index (χ1n) is 3.58. The van der Waals surface area contributed by atoms with E-state index in [1.165, 1.54) is 18.2 Å². The van der Waals surface area contributed by atoms with Gasteiger partial charge in [-0.2, -0.15) is 13.2 Å². The summed E-state index contributed by atoms with van der Waals surface area (Å²) in [6, 6.07) is 5.72. The molecule has 1 aromatic rings. The highest BCUT2D eigenvalue weighted by Crippen LogP contribution is 2.25. The van der Waals surface area contributed by atoms with Gasteiger partial charge in [0.05, 0.1) is 12.1 Å². The zero-order chi connectivity index (χ0) is 9.90. The lowest BCUT2D eigenvalue weighted by molar-refractivity contribution is -0.127. The van der Waals surface area contributed by atoms with Crippen molar-refractivity contribution in [1.29, 1.82) is 0 Å². The Bertz CT molecular complexity index is 285. The normalized spacial score (nSPS) is 11.4. The van der Waals surface area contributed by atoms with Crippen LogP contribution < -0.4 is 5.48 Å². The van der Waals surface area contributed by atoms with E-state index in [2.05, 4.69) is 0 Å². The summed E-state index contributed by atoms with van der Waals surface area (Å²) in [5, 5.41) is 8.50. The molecule has 0 aliphatic rings. The highest BCUT2D eigenvalue weighted by Gasteiger charge is 2.28. The number of hydrogen-bond donors (Lipinski definition) is 2. The second kappa shape index (κ2) is 3.66. The van der Waals surface area contributed by atoms with E-state index in [4.69, 9.17) is 5.21 Å². The summed E-state index contributed by atoms with van der Waals surface area (Å²) < 4.78 is 35.8. The fourth-order valence-electron chi connectivity index (χ4n) is 0.999. The van der Waals surface area contributed by atoms with Crippen molar-refractivity contribution in [3.63, 3.8) is 0 Å². The van der Waals surface area contributed by atoms with E-state index in [0.29, 0.717) is 0 Å². The van der Waals surface area contributed by atoms with Crippen molar-refractivity contribution in [3.05, 3.63) is 29.8 Å². The first-order valence-corrected chi connectivity index (χ1v) is 3.58. The Morgan fingerprint density at radius 2 is 1.85 bits per heavy atom. The Kier molecular flexibility index (Phi) is 2.77. The molecule has 1 rings (SSSR count). The fourth-order valence-corrected chi connectivity index (χ4v) is 0.999. The van der Waals surface area contributed by atoms with Crippen LogP contribution in [-0.2, 0) is 6.42 Å². The molecule has 0 bridgehead atoms. The van der Waals surface area contributed by atoms with E-state index in [9.17, 15) is 13.2 Å². The molecule has 0 amide bonds. The molecule has 0 aromatic heterocycles. The van der Waals surface area contributed by atoms with E-state index >= 15 is 0 Å². The van der Waals surface area contributed by atoms with Gasteiger partial charge < -0.3 is 0 Å². The molecule has 0 saturated carbocycles. The molecule has 0 saturated heterocycles. The Labute approximate surface area is 73.0 Å². The largest absolute Gasteiger partial charge is 0.393 e. The quantitative estimate of drug-likeness (QED) is 0.704. The van der Waals surface area contributed by atoms with E-state index in [1.807, 2.05) is 0 Å². The molecular formula is C8H8F3NO. The summed E-state index contributed by atoms with van der Waals surface area (Å²) in [7, 11) is 0. The predicted molar refractivity (Wildman–Crippen MR) is 41.6 cm³/mol. The predicted octanol–water partition coefficient (Wildman–Crippen LogP) is 2.59. The van der Waals surface area contributed by atoms with Crippen LogP contribution in [0.1, 0.15) is 5.56 Å². The van der Waals surface area contributed by atoms with Crippen molar-refractivity contribution in [3.8, 4) is 0 Å². The van der Waals surface area contributed by atoms with Crippen molar-refractivity contribution >= 4 is 5.69 Å². The van der Waals surface area contributed by atoms with Gasteiger partial charge in [0.15, 0.2) is 0 Å². The summed E-state index contributed by atoms with van der Waals surface area (Å²) in [5.41, 5.74) is 1.83. The number of benzene rings is 1. The molecule has 2 nitrogen and oxygen atoms in total. The number of anilines is 1. The van der Waals surface area contributed by atoms with Crippen LogP contribution in [0.5, 0.6) is 0 Å². The summed E-state index contributed by atoms with van der Waals surface area (Å²) >= 11 is 0. The number of nitrogens with one attached hydrogen (secondary N) is 1. The Hall–Kier alpha value is -1.23. The molecule has 0 fully saturated rings. The first kappa shape index (κ1) is 9.85. The fraction of sp³-hybridized carbons (Fsp3) is 0.250. The molecule has 0 heterocycles. The molecule has 2 N–H and O–H groups in total. The monoisotopic (exact) mass is 191 g/mol. The van der Waals surface area contributed by atoms with E-state index in [0.717, 1.165) is 0 Å². The summed E-state index contributed by atoms with van der Waals surface area (Å²) in [5.74, 6) is 0. The van der Waals surface area contributed by atoms with Gasteiger partial charge in [0.2, 0.25) is 0 Å². The minimum atomic E-state index is -4.26. The minimum absolute atomic E-state index is 0.0255. The van der Waals surface area contributed by atoms with Gasteiger partial charge in [-0.1, -0.05) is 18.2 Å². The maximum atomic E-state index is 11.9. The summed E-state index contributed by atoms with van der Waals surface area (Å²) in [6.45, 7) is 0. The van der Waals surface area contributed by atoms with Crippen molar-refractivity contribution in [2.75, 3.05) is 5.48 Å². The second-order valence-corrected chi connectivity index (χ2v) is 2.56. The third kappa shape index (κ3) is 2.95. The van der Waals surface area contributed by atoms with Crippen LogP contribution in [0.15, 0.2) is 24.3 Å². The molecule has 0 unspecified atom stereocenters. The van der Waals surface area contributed by atoms with Gasteiger partial charge in [0.1, 0.15) is 0 Å². The van der Waals surface area contributed by atoms with Crippen molar-refractivity contribution in [2.45, 2.75) is 12.6 Å². The molecule has 0 aliphatic heterocycles. The maximum Gasteiger partial charge on any atom is 0.393 e. The molecular weight excluding hydrogens is 183 g/mol. The van der Waals surface area contributed by atoms with Gasteiger partial charge in [0.25, 0.3) is 0 Å². The lowest BCUT2D eigenvalue weighted by atomic mass is 10.1. The average Bonchev–Trinajstić information content (AvgIpc) is 2.02. The Morgan fingerprint density at radius 3 is 2.38 bits per heavy atom. The molecule has 0 spiro atoms. The van der Waals surface area contributed by atoms with Gasteiger partial charge in [-0.15, -0.1) is 0 Å². The molecule has 0 radical (unpaired) electrons. The first-order chi connectivity index (χ1) is 6.03. The van der Waals surface area contributed by atoms with Crippen molar-refractivity contribution < 1.29 is 18.4 Å². The number of para-hydroxylation sites is 1. The number of rotatable bonds is 2. The van der Waals surface area contributed by atoms with E-state index < -0.39 is 12.6 Å². The molecule has 0 aliphatic carbocycles. The zero-order valence-corrected chi connectivity index (χ0v) is 6.60. The third-order valence-electron chi connectivity index (χ3n) is 1.53. The van der Waals surface area contributed by atoms with Gasteiger partial charge >= 0.3 is 6.18 Å². The van der Waals surface area contributed by atoms with Gasteiger partial charge in [-0.3, -0.25) is 10.7 Å². The van der Waals surface area contributed by atoms with Crippen LogP contribution in [0.3, 0.4) is 0 Å². The van der Waals surface area contributed by atoms with Crippen molar-refractivity contribution in [1.82, 2.24) is 0 Å². The number of hydrogen-bond acceptors (Lipinski definition) is 2. The van der Waals surface area contributed by atoms with Gasteiger partial charge in [0, 0.05) is 0 Å². The average molecular weight is 191 g/mol. The second-order valence-electron chi connectivity index (χ2n) is 2.56. The smallest absolute Gasteiger partial charge is 0.291 e. The molecule has 1 aromatic carbocycles. The zero-order valence-electron chi connectivity index (χ0n) is 6.60. The van der Waals surface area contributed by atoms with Crippen LogP contribution in [0.2, 0.25) is 0 Å². The molecule has 5 heteroatoms. The Balaban J connectivity index is 2.87. The highest BCUT2D eigenvalue weighted by molar-refractivity contribution is 5.49. The molecule has 13 heavy (non-hydrogen) atoms. The topological polar surface area (TPSA) is 32.3 Å². The summed E-state index contributed by atoms with van der Waals surface area (Å²) in [4.78, 5) is 0. The third-order valence-corrected chi connectivity index (χ3v) is 1.53. The van der Waals surface area contributed by atoms with E-state index in [1.54, 1.807) is 11.5 Å². The summed E-state index contributed by atoms with van der Waals surface area (Å²) in [6.07, 6.45) is -5.30. The van der Waals surface area contributed by atoms with Crippen molar-refractivity contribution in [2.24, 2.45) is 0 Å². The van der Waals surface area contributed by atoms with Gasteiger partial charge in [-0.05, 0) is 11.6 Å². The number of halogens is 3. The molecule has 0 atom stereocenters. The van der Waals surface area contributed by atoms with Crippen LogP contribution in [0, 0.1) is 0 Å². The number of alkyl halides is 3.